The molecule has 4 aromatic carbocycles. The van der Waals surface area contributed by atoms with Crippen LogP contribution in [0.5, 0.6) is 11.5 Å². The van der Waals surface area contributed by atoms with Crippen molar-refractivity contribution in [2.45, 2.75) is 80.1 Å². The maximum atomic E-state index is 6.53. The molecular formula is C45H47N4OPt-3. The van der Waals surface area contributed by atoms with Gasteiger partial charge in [-0.15, -0.1) is 48.1 Å². The number of allylic oxidation sites excluding steroid dienone is 1. The van der Waals surface area contributed by atoms with E-state index in [-0.39, 0.29) is 37.3 Å². The summed E-state index contributed by atoms with van der Waals surface area (Å²) >= 11 is 0. The fourth-order valence-electron chi connectivity index (χ4n) is 6.64. The van der Waals surface area contributed by atoms with Gasteiger partial charge in [0.1, 0.15) is 5.82 Å². The van der Waals surface area contributed by atoms with Gasteiger partial charge in [0.15, 0.2) is 0 Å². The molecule has 0 spiro atoms. The number of nitrogens with zero attached hydrogens (tertiary/aromatic N) is 4. The molecule has 0 saturated carbocycles. The van der Waals surface area contributed by atoms with Crippen LogP contribution in [0, 0.1) is 31.1 Å². The number of aromatic nitrogens is 2. The third-order valence-corrected chi connectivity index (χ3v) is 9.50. The minimum atomic E-state index is -0.111. The first-order valence-corrected chi connectivity index (χ1v) is 17.5. The molecular weight excluding hydrogens is 808 g/mol. The predicted octanol–water partition coefficient (Wildman–Crippen LogP) is 11.8. The van der Waals surface area contributed by atoms with Gasteiger partial charge in [-0.2, -0.15) is 12.1 Å². The van der Waals surface area contributed by atoms with Crippen molar-refractivity contribution in [1.82, 2.24) is 9.55 Å². The summed E-state index contributed by atoms with van der Waals surface area (Å²) in [4.78, 5) is 9.27. The SMILES string of the molecule is Cc1cc(C(C)(C)C)ccc1N1C=C(C(C)(C)C)N(c2[c-]c(Oc3[c-]c4c(cc3)c3ccccc3n4-c3cc(C(C)(C)C)ccn3)ccc2)[CH-]1.[Pt]. The number of anilines is 2. The summed E-state index contributed by atoms with van der Waals surface area (Å²) in [7, 11) is 0. The molecule has 0 fully saturated rings. The van der Waals surface area contributed by atoms with Crippen molar-refractivity contribution >= 4 is 33.2 Å². The number of hydrogen-bond donors (Lipinski definition) is 0. The van der Waals surface area contributed by atoms with Crippen molar-refractivity contribution in [2.24, 2.45) is 5.41 Å². The van der Waals surface area contributed by atoms with E-state index in [9.17, 15) is 0 Å². The molecule has 0 saturated heterocycles. The van der Waals surface area contributed by atoms with E-state index in [2.05, 4.69) is 175 Å². The normalized spacial score (nSPS) is 13.9. The summed E-state index contributed by atoms with van der Waals surface area (Å²) in [5, 5.41) is 2.26. The number of pyridine rings is 1. The number of rotatable bonds is 5. The van der Waals surface area contributed by atoms with Crippen LogP contribution in [0.15, 0.2) is 103 Å². The minimum absolute atomic E-state index is 0. The minimum Gasteiger partial charge on any atom is -0.509 e. The molecule has 0 unspecified atom stereocenters. The Balaban J connectivity index is 0.00000448. The van der Waals surface area contributed by atoms with Gasteiger partial charge in [-0.1, -0.05) is 98.2 Å². The van der Waals surface area contributed by atoms with E-state index in [1.165, 1.54) is 22.4 Å². The Kier molecular flexibility index (Phi) is 9.53. The Hall–Kier alpha value is -4.34. The molecule has 0 N–H and O–H groups in total. The van der Waals surface area contributed by atoms with Crippen LogP contribution in [-0.4, -0.2) is 9.55 Å². The van der Waals surface area contributed by atoms with E-state index in [1.807, 2.05) is 24.4 Å². The molecule has 3 heterocycles. The second-order valence-electron chi connectivity index (χ2n) is 16.5. The van der Waals surface area contributed by atoms with Crippen LogP contribution in [0.25, 0.3) is 27.6 Å². The summed E-state index contributed by atoms with van der Waals surface area (Å²) in [5.41, 5.74) is 9.04. The van der Waals surface area contributed by atoms with Gasteiger partial charge in [-0.3, -0.25) is 0 Å². The first kappa shape index (κ1) is 36.4. The largest absolute Gasteiger partial charge is 0.509 e. The van der Waals surface area contributed by atoms with Crippen molar-refractivity contribution in [3.63, 3.8) is 0 Å². The topological polar surface area (TPSA) is 33.5 Å². The number of para-hydroxylation sites is 1. The maximum absolute atomic E-state index is 6.53. The molecule has 2 aromatic heterocycles. The molecule has 6 aromatic rings. The van der Waals surface area contributed by atoms with Crippen LogP contribution >= 0.6 is 0 Å². The molecule has 0 amide bonds. The fourth-order valence-corrected chi connectivity index (χ4v) is 6.64. The number of hydrogen-bond acceptors (Lipinski definition) is 4. The molecule has 1 aliphatic heterocycles. The van der Waals surface area contributed by atoms with Crippen molar-refractivity contribution in [2.75, 3.05) is 9.80 Å². The van der Waals surface area contributed by atoms with Gasteiger partial charge >= 0.3 is 0 Å². The second-order valence-corrected chi connectivity index (χ2v) is 16.5. The number of benzene rings is 4. The van der Waals surface area contributed by atoms with Crippen molar-refractivity contribution < 1.29 is 25.8 Å². The molecule has 51 heavy (non-hydrogen) atoms. The summed E-state index contributed by atoms with van der Waals surface area (Å²) < 4.78 is 8.72. The Bertz CT molecular complexity index is 2260. The molecule has 5 nitrogen and oxygen atoms in total. The van der Waals surface area contributed by atoms with E-state index in [4.69, 9.17) is 9.72 Å². The first-order valence-electron chi connectivity index (χ1n) is 17.5. The van der Waals surface area contributed by atoms with Crippen LogP contribution < -0.4 is 14.5 Å². The van der Waals surface area contributed by atoms with Crippen LogP contribution in [-0.2, 0) is 31.9 Å². The monoisotopic (exact) mass is 854 g/mol. The molecule has 1 aliphatic rings. The van der Waals surface area contributed by atoms with Crippen molar-refractivity contribution in [1.29, 1.82) is 0 Å². The average molecular weight is 855 g/mol. The summed E-state index contributed by atoms with van der Waals surface area (Å²) in [6.07, 6.45) is 4.14. The molecule has 0 bridgehead atoms. The van der Waals surface area contributed by atoms with Crippen LogP contribution in [0.1, 0.15) is 79.0 Å². The van der Waals surface area contributed by atoms with Crippen LogP contribution in [0.4, 0.5) is 11.4 Å². The summed E-state index contributed by atoms with van der Waals surface area (Å²) in [6, 6.07) is 36.9. The second kappa shape index (κ2) is 13.3. The predicted molar refractivity (Wildman–Crippen MR) is 208 cm³/mol. The third-order valence-electron chi connectivity index (χ3n) is 9.50. The zero-order valence-corrected chi connectivity index (χ0v) is 33.6. The van der Waals surface area contributed by atoms with Gasteiger partial charge in [0, 0.05) is 61.1 Å². The van der Waals surface area contributed by atoms with Gasteiger partial charge < -0.3 is 19.1 Å². The van der Waals surface area contributed by atoms with Crippen LogP contribution in [0.3, 0.4) is 0 Å². The van der Waals surface area contributed by atoms with Gasteiger partial charge in [0.05, 0.1) is 0 Å². The van der Waals surface area contributed by atoms with E-state index >= 15 is 0 Å². The van der Waals surface area contributed by atoms with Gasteiger partial charge in [-0.05, 0) is 70.3 Å². The average Bonchev–Trinajstić information content (AvgIpc) is 3.64. The smallest absolute Gasteiger partial charge is 0.135 e. The Labute approximate surface area is 318 Å². The zero-order valence-electron chi connectivity index (χ0n) is 31.3. The quantitative estimate of drug-likeness (QED) is 0.162. The summed E-state index contributed by atoms with van der Waals surface area (Å²) in [5.74, 6) is 2.11. The molecule has 0 atom stereocenters. The van der Waals surface area contributed by atoms with Crippen molar-refractivity contribution in [3.8, 4) is 17.3 Å². The number of aryl methyl sites for hydroxylation is 1. The van der Waals surface area contributed by atoms with E-state index in [0.717, 1.165) is 39.0 Å². The molecule has 0 aliphatic carbocycles. The maximum Gasteiger partial charge on any atom is 0.135 e. The van der Waals surface area contributed by atoms with Gasteiger partial charge in [-0.25, -0.2) is 4.98 Å². The fraction of sp³-hybridized carbons (Fsp3) is 0.289. The van der Waals surface area contributed by atoms with E-state index in [0.29, 0.717) is 11.5 Å². The molecule has 6 heteroatoms. The Morgan fingerprint density at radius 3 is 2.10 bits per heavy atom. The number of fused-ring (bicyclic) bond motifs is 3. The Morgan fingerprint density at radius 2 is 1.39 bits per heavy atom. The standard InChI is InChI=1S/C45H47N4O.Pt/c1-30-24-31(43(2,3)4)18-21-38(30)47-28-41(45(8,9)10)48(29-47)33-14-13-15-34(26-33)50-35-19-20-37-36-16-11-12-17-39(36)49(40(37)27-35)42-25-32(22-23-46-42)44(5,6)7;/h11-25,28-29H,1-10H3;/q-3;. The molecule has 266 valence electrons. The molecule has 0 radical (unpaired) electrons. The van der Waals surface area contributed by atoms with E-state index < -0.39 is 0 Å². The molecule has 7 rings (SSSR count). The first-order chi connectivity index (χ1) is 23.6. The van der Waals surface area contributed by atoms with E-state index in [1.54, 1.807) is 0 Å². The summed E-state index contributed by atoms with van der Waals surface area (Å²) in [6.45, 7) is 24.5. The third kappa shape index (κ3) is 7.11. The van der Waals surface area contributed by atoms with Gasteiger partial charge in [0.25, 0.3) is 0 Å². The Morgan fingerprint density at radius 1 is 0.686 bits per heavy atom. The van der Waals surface area contributed by atoms with Crippen LogP contribution in [0.2, 0.25) is 0 Å². The zero-order chi connectivity index (χ0) is 35.6. The number of ether oxygens (including phenoxy) is 1. The van der Waals surface area contributed by atoms with Crippen molar-refractivity contribution in [3.05, 3.63) is 139 Å². The van der Waals surface area contributed by atoms with Gasteiger partial charge in [0.2, 0.25) is 0 Å².